The van der Waals surface area contributed by atoms with Gasteiger partial charge in [-0.1, -0.05) is 41.9 Å². The third-order valence-corrected chi connectivity index (χ3v) is 4.51. The minimum absolute atomic E-state index is 0.0900. The highest BCUT2D eigenvalue weighted by atomic mass is 35.5. The Kier molecular flexibility index (Phi) is 5.25. The van der Waals surface area contributed by atoms with Crippen LogP contribution in [0.15, 0.2) is 47.6 Å². The Balaban J connectivity index is 1.59. The van der Waals surface area contributed by atoms with E-state index in [1.54, 1.807) is 6.07 Å². The maximum atomic E-state index is 10.9. The van der Waals surface area contributed by atoms with Gasteiger partial charge in [0, 0.05) is 11.6 Å². The second-order valence-electron chi connectivity index (χ2n) is 5.60. The summed E-state index contributed by atoms with van der Waals surface area (Å²) in [5, 5.41) is 18.6. The number of thiocarbonyl (C=S) groups is 1. The molecule has 0 saturated heterocycles. The van der Waals surface area contributed by atoms with E-state index in [0.717, 1.165) is 12.8 Å². The fourth-order valence-electron chi connectivity index (χ4n) is 2.81. The molecule has 6 nitrogen and oxygen atoms in total. The summed E-state index contributed by atoms with van der Waals surface area (Å²) in [6, 6.07) is 12.9. The van der Waals surface area contributed by atoms with Crippen molar-refractivity contribution >= 4 is 40.8 Å². The van der Waals surface area contributed by atoms with Crippen LogP contribution in [0.5, 0.6) is 0 Å². The fraction of sp³-hybridized carbons (Fsp3) is 0.176. The third-order valence-electron chi connectivity index (χ3n) is 3.98. The standard InChI is InChI=1S/C17H15ClN4O2S/c18-14-7-5-11(9-16(14)22(23)24)10-19-21-17(25)20-15-8-6-12-3-1-2-4-13(12)15/h1-5,7,9-10,15H,6,8H2,(H2,20,21,25)/b19-10+/t15-/m0/s1. The first kappa shape index (κ1) is 17.3. The maximum absolute atomic E-state index is 10.9. The van der Waals surface area contributed by atoms with E-state index >= 15 is 0 Å². The quantitative estimate of drug-likeness (QED) is 0.369. The van der Waals surface area contributed by atoms with Crippen molar-refractivity contribution in [1.29, 1.82) is 0 Å². The Morgan fingerprint density at radius 2 is 2.16 bits per heavy atom. The summed E-state index contributed by atoms with van der Waals surface area (Å²) >= 11 is 11.0. The lowest BCUT2D eigenvalue weighted by Gasteiger charge is -2.15. The maximum Gasteiger partial charge on any atom is 0.288 e. The number of aryl methyl sites for hydroxylation is 1. The number of nitro groups is 1. The molecule has 0 fully saturated rings. The lowest BCUT2D eigenvalue weighted by Crippen LogP contribution is -2.34. The van der Waals surface area contributed by atoms with E-state index in [4.69, 9.17) is 23.8 Å². The van der Waals surface area contributed by atoms with Crippen LogP contribution >= 0.6 is 23.8 Å². The highest BCUT2D eigenvalue weighted by molar-refractivity contribution is 7.80. The van der Waals surface area contributed by atoms with Crippen LogP contribution < -0.4 is 10.7 Å². The summed E-state index contributed by atoms with van der Waals surface area (Å²) in [7, 11) is 0. The van der Waals surface area contributed by atoms with Gasteiger partial charge in [0.15, 0.2) is 5.11 Å². The number of hydrazone groups is 1. The van der Waals surface area contributed by atoms with Gasteiger partial charge >= 0.3 is 0 Å². The number of benzene rings is 2. The molecule has 0 bridgehead atoms. The van der Waals surface area contributed by atoms with Crippen LogP contribution in [0.3, 0.4) is 0 Å². The molecule has 0 amide bonds. The van der Waals surface area contributed by atoms with Gasteiger partial charge in [-0.05, 0) is 42.3 Å². The van der Waals surface area contributed by atoms with Gasteiger partial charge in [-0.15, -0.1) is 0 Å². The summed E-state index contributed by atoms with van der Waals surface area (Å²) in [4.78, 5) is 10.3. The Morgan fingerprint density at radius 3 is 2.96 bits per heavy atom. The number of nitro benzene ring substituents is 1. The van der Waals surface area contributed by atoms with Gasteiger partial charge in [0.2, 0.25) is 0 Å². The number of hydrogen-bond acceptors (Lipinski definition) is 4. The molecule has 2 N–H and O–H groups in total. The minimum Gasteiger partial charge on any atom is -0.354 e. The van der Waals surface area contributed by atoms with E-state index < -0.39 is 4.92 Å². The van der Waals surface area contributed by atoms with E-state index in [1.807, 2.05) is 12.1 Å². The van der Waals surface area contributed by atoms with Crippen molar-refractivity contribution in [3.05, 3.63) is 74.3 Å². The molecule has 0 heterocycles. The minimum atomic E-state index is -0.531. The van der Waals surface area contributed by atoms with E-state index in [-0.39, 0.29) is 16.8 Å². The number of nitrogens with zero attached hydrogens (tertiary/aromatic N) is 2. The van der Waals surface area contributed by atoms with E-state index in [2.05, 4.69) is 28.0 Å². The number of fused-ring (bicyclic) bond motifs is 1. The molecule has 0 saturated carbocycles. The molecule has 1 aliphatic rings. The third kappa shape index (κ3) is 4.12. The van der Waals surface area contributed by atoms with Gasteiger partial charge in [0.1, 0.15) is 5.02 Å². The number of hydrogen-bond donors (Lipinski definition) is 2. The van der Waals surface area contributed by atoms with Crippen LogP contribution in [0, 0.1) is 10.1 Å². The first-order chi connectivity index (χ1) is 12.0. The van der Waals surface area contributed by atoms with Crippen molar-refractivity contribution in [3.8, 4) is 0 Å². The predicted octanol–water partition coefficient (Wildman–Crippen LogP) is 3.73. The van der Waals surface area contributed by atoms with Crippen molar-refractivity contribution in [2.45, 2.75) is 18.9 Å². The van der Waals surface area contributed by atoms with Crippen molar-refractivity contribution in [3.63, 3.8) is 0 Å². The summed E-state index contributed by atoms with van der Waals surface area (Å²) < 4.78 is 0. The van der Waals surface area contributed by atoms with Crippen LogP contribution in [0.25, 0.3) is 0 Å². The van der Waals surface area contributed by atoms with Crippen LogP contribution in [-0.2, 0) is 6.42 Å². The van der Waals surface area contributed by atoms with Gasteiger partial charge in [-0.2, -0.15) is 5.10 Å². The van der Waals surface area contributed by atoms with Gasteiger partial charge in [-0.25, -0.2) is 0 Å². The van der Waals surface area contributed by atoms with Crippen LogP contribution in [0.2, 0.25) is 5.02 Å². The molecule has 1 atom stereocenters. The van der Waals surface area contributed by atoms with Crippen molar-refractivity contribution in [2.75, 3.05) is 0 Å². The average Bonchev–Trinajstić information content (AvgIpc) is 2.99. The van der Waals surface area contributed by atoms with Crippen LogP contribution in [0.1, 0.15) is 29.2 Å². The molecule has 0 spiro atoms. The van der Waals surface area contributed by atoms with Gasteiger partial charge in [0.05, 0.1) is 17.2 Å². The molecule has 8 heteroatoms. The van der Waals surface area contributed by atoms with Crippen LogP contribution in [-0.4, -0.2) is 16.3 Å². The fourth-order valence-corrected chi connectivity index (χ4v) is 3.19. The highest BCUT2D eigenvalue weighted by Gasteiger charge is 2.22. The zero-order chi connectivity index (χ0) is 17.8. The zero-order valence-electron chi connectivity index (χ0n) is 13.1. The summed E-state index contributed by atoms with van der Waals surface area (Å²) in [5.74, 6) is 0. The molecule has 2 aromatic carbocycles. The van der Waals surface area contributed by atoms with Gasteiger partial charge < -0.3 is 5.32 Å². The van der Waals surface area contributed by atoms with E-state index in [0.29, 0.717) is 10.7 Å². The Hall–Kier alpha value is -2.51. The highest BCUT2D eigenvalue weighted by Crippen LogP contribution is 2.30. The molecule has 3 rings (SSSR count). The number of nitrogens with one attached hydrogen (secondary N) is 2. The molecule has 25 heavy (non-hydrogen) atoms. The summed E-state index contributed by atoms with van der Waals surface area (Å²) in [6.07, 6.45) is 3.46. The molecule has 1 aliphatic carbocycles. The van der Waals surface area contributed by atoms with Crippen molar-refractivity contribution < 1.29 is 4.92 Å². The number of halogens is 1. The van der Waals surface area contributed by atoms with Gasteiger partial charge in [-0.3, -0.25) is 15.5 Å². The Bertz CT molecular complexity index is 856. The molecule has 0 radical (unpaired) electrons. The van der Waals surface area contributed by atoms with E-state index in [1.165, 1.54) is 29.5 Å². The molecule has 0 aliphatic heterocycles. The van der Waals surface area contributed by atoms with Crippen molar-refractivity contribution in [1.82, 2.24) is 10.7 Å². The van der Waals surface area contributed by atoms with Crippen LogP contribution in [0.4, 0.5) is 5.69 Å². The monoisotopic (exact) mass is 374 g/mol. The molecular weight excluding hydrogens is 360 g/mol. The van der Waals surface area contributed by atoms with Crippen molar-refractivity contribution in [2.24, 2.45) is 5.10 Å². The lowest BCUT2D eigenvalue weighted by atomic mass is 10.1. The molecule has 2 aromatic rings. The first-order valence-electron chi connectivity index (χ1n) is 7.66. The second-order valence-corrected chi connectivity index (χ2v) is 6.42. The summed E-state index contributed by atoms with van der Waals surface area (Å²) in [5.41, 5.74) is 5.72. The average molecular weight is 375 g/mol. The molecule has 0 unspecified atom stereocenters. The number of rotatable bonds is 4. The smallest absolute Gasteiger partial charge is 0.288 e. The van der Waals surface area contributed by atoms with E-state index in [9.17, 15) is 10.1 Å². The Morgan fingerprint density at radius 1 is 1.36 bits per heavy atom. The summed E-state index contributed by atoms with van der Waals surface area (Å²) in [6.45, 7) is 0. The largest absolute Gasteiger partial charge is 0.354 e. The second kappa shape index (κ2) is 7.58. The first-order valence-corrected chi connectivity index (χ1v) is 8.44. The van der Waals surface area contributed by atoms with Gasteiger partial charge in [0.25, 0.3) is 5.69 Å². The molecular formula is C17H15ClN4O2S. The lowest BCUT2D eigenvalue weighted by molar-refractivity contribution is -0.384. The normalized spacial score (nSPS) is 15.8. The Labute approximate surface area is 155 Å². The topological polar surface area (TPSA) is 79.6 Å². The molecule has 128 valence electrons. The predicted molar refractivity (Wildman–Crippen MR) is 102 cm³/mol. The molecule has 0 aromatic heterocycles. The zero-order valence-corrected chi connectivity index (χ0v) is 14.7. The SMILES string of the molecule is O=[N+]([O-])c1cc(/C=N/NC(=S)N[C@H]2CCc3ccccc32)ccc1Cl.